The molecule has 0 saturated heterocycles. The first-order valence-electron chi connectivity index (χ1n) is 7.87. The van der Waals surface area contributed by atoms with Crippen LogP contribution in [0.15, 0.2) is 0 Å². The highest BCUT2D eigenvalue weighted by atomic mass is 16.5. The van der Waals surface area contributed by atoms with Crippen LogP contribution in [0, 0.1) is 5.92 Å². The quantitative estimate of drug-likeness (QED) is 0.707. The predicted octanol–water partition coefficient (Wildman–Crippen LogP) is 1.97. The van der Waals surface area contributed by atoms with Crippen LogP contribution in [0.25, 0.3) is 0 Å². The minimum absolute atomic E-state index is 0.212. The summed E-state index contributed by atoms with van der Waals surface area (Å²) in [5.41, 5.74) is 5.43. The van der Waals surface area contributed by atoms with Crippen LogP contribution in [0.3, 0.4) is 0 Å². The minimum atomic E-state index is -0.244. The third kappa shape index (κ3) is 4.77. The van der Waals surface area contributed by atoms with Gasteiger partial charge in [0.25, 0.3) is 0 Å². The third-order valence-corrected chi connectivity index (χ3v) is 4.46. The highest BCUT2D eigenvalue weighted by Crippen LogP contribution is 2.29. The van der Waals surface area contributed by atoms with Crippen molar-refractivity contribution in [2.75, 3.05) is 6.61 Å². The van der Waals surface area contributed by atoms with E-state index in [2.05, 4.69) is 12.2 Å². The van der Waals surface area contributed by atoms with E-state index in [-0.39, 0.29) is 11.9 Å². The van der Waals surface area contributed by atoms with Crippen molar-refractivity contribution in [3.8, 4) is 0 Å². The molecule has 1 amide bonds. The van der Waals surface area contributed by atoms with Crippen LogP contribution < -0.4 is 11.1 Å². The number of amides is 1. The summed E-state index contributed by atoms with van der Waals surface area (Å²) in [5, 5.41) is 3.30. The average Bonchev–Trinajstić information content (AvgIpc) is 3.22. The Labute approximate surface area is 116 Å². The van der Waals surface area contributed by atoms with Gasteiger partial charge in [-0.3, -0.25) is 4.79 Å². The van der Waals surface area contributed by atoms with E-state index in [9.17, 15) is 4.79 Å². The summed E-state index contributed by atoms with van der Waals surface area (Å²) in [5.74, 6) is 0.461. The SMILES string of the molecule is CCC1CCCCC1OCCC(NC1CC1)C(N)=O. The Balaban J connectivity index is 1.69. The van der Waals surface area contributed by atoms with E-state index in [4.69, 9.17) is 10.5 Å². The average molecular weight is 268 g/mol. The van der Waals surface area contributed by atoms with Crippen LogP contribution in [0.1, 0.15) is 58.3 Å². The largest absolute Gasteiger partial charge is 0.378 e. The maximum atomic E-state index is 11.4. The van der Waals surface area contributed by atoms with Crippen molar-refractivity contribution in [2.24, 2.45) is 11.7 Å². The Kier molecular flexibility index (Phi) is 5.64. The molecule has 0 heterocycles. The van der Waals surface area contributed by atoms with Gasteiger partial charge in [0, 0.05) is 12.6 Å². The normalized spacial score (nSPS) is 29.1. The Morgan fingerprint density at radius 2 is 2.05 bits per heavy atom. The zero-order chi connectivity index (χ0) is 13.7. The monoisotopic (exact) mass is 268 g/mol. The molecule has 2 aliphatic rings. The summed E-state index contributed by atoms with van der Waals surface area (Å²) >= 11 is 0. The number of hydrogen-bond acceptors (Lipinski definition) is 3. The van der Waals surface area contributed by atoms with Gasteiger partial charge < -0.3 is 15.8 Å². The van der Waals surface area contributed by atoms with Crippen molar-refractivity contribution in [1.29, 1.82) is 0 Å². The van der Waals surface area contributed by atoms with Crippen LogP contribution in [0.5, 0.6) is 0 Å². The maximum absolute atomic E-state index is 11.4. The van der Waals surface area contributed by atoms with E-state index < -0.39 is 0 Å². The third-order valence-electron chi connectivity index (χ3n) is 4.46. The summed E-state index contributed by atoms with van der Waals surface area (Å²) in [7, 11) is 0. The second-order valence-corrected chi connectivity index (χ2v) is 6.05. The zero-order valence-electron chi connectivity index (χ0n) is 12.1. The Hall–Kier alpha value is -0.610. The lowest BCUT2D eigenvalue weighted by Gasteiger charge is -2.31. The second-order valence-electron chi connectivity index (χ2n) is 6.05. The van der Waals surface area contributed by atoms with Crippen LogP contribution in [0.4, 0.5) is 0 Å². The number of nitrogens with two attached hydrogens (primary N) is 1. The first kappa shape index (κ1) is 14.8. The molecule has 0 aliphatic heterocycles. The van der Waals surface area contributed by atoms with E-state index in [1.807, 2.05) is 0 Å². The fourth-order valence-electron chi connectivity index (χ4n) is 3.04. The van der Waals surface area contributed by atoms with Gasteiger partial charge in [-0.15, -0.1) is 0 Å². The molecule has 3 atom stereocenters. The number of ether oxygens (including phenoxy) is 1. The van der Waals surface area contributed by atoms with E-state index in [1.54, 1.807) is 0 Å². The lowest BCUT2D eigenvalue weighted by Crippen LogP contribution is -2.43. The molecule has 110 valence electrons. The van der Waals surface area contributed by atoms with Gasteiger partial charge in [-0.25, -0.2) is 0 Å². The summed E-state index contributed by atoms with van der Waals surface area (Å²) < 4.78 is 6.02. The molecule has 0 radical (unpaired) electrons. The molecule has 2 aliphatic carbocycles. The van der Waals surface area contributed by atoms with Crippen molar-refractivity contribution in [3.05, 3.63) is 0 Å². The smallest absolute Gasteiger partial charge is 0.234 e. The van der Waals surface area contributed by atoms with E-state index in [0.29, 0.717) is 31.1 Å². The van der Waals surface area contributed by atoms with E-state index >= 15 is 0 Å². The number of carbonyl (C=O) groups excluding carboxylic acids is 1. The van der Waals surface area contributed by atoms with Crippen molar-refractivity contribution in [3.63, 3.8) is 0 Å². The van der Waals surface area contributed by atoms with Gasteiger partial charge in [-0.1, -0.05) is 26.2 Å². The van der Waals surface area contributed by atoms with Gasteiger partial charge in [0.05, 0.1) is 12.1 Å². The predicted molar refractivity (Wildman–Crippen MR) is 75.7 cm³/mol. The van der Waals surface area contributed by atoms with Crippen molar-refractivity contribution >= 4 is 5.91 Å². The topological polar surface area (TPSA) is 64.3 Å². The van der Waals surface area contributed by atoms with Gasteiger partial charge >= 0.3 is 0 Å². The Morgan fingerprint density at radius 1 is 1.32 bits per heavy atom. The molecule has 0 aromatic carbocycles. The molecule has 2 rings (SSSR count). The van der Waals surface area contributed by atoms with Crippen molar-refractivity contribution < 1.29 is 9.53 Å². The molecule has 2 fully saturated rings. The fourth-order valence-corrected chi connectivity index (χ4v) is 3.04. The molecule has 0 aromatic heterocycles. The van der Waals surface area contributed by atoms with Crippen LogP contribution in [0.2, 0.25) is 0 Å². The first-order chi connectivity index (χ1) is 9.20. The number of rotatable bonds is 8. The van der Waals surface area contributed by atoms with E-state index in [0.717, 1.165) is 0 Å². The van der Waals surface area contributed by atoms with Crippen LogP contribution in [-0.4, -0.2) is 30.7 Å². The summed E-state index contributed by atoms with van der Waals surface area (Å²) in [6.07, 6.45) is 9.73. The number of primary amides is 1. The number of nitrogens with one attached hydrogen (secondary N) is 1. The minimum Gasteiger partial charge on any atom is -0.378 e. The lowest BCUT2D eigenvalue weighted by atomic mass is 9.85. The molecular weight excluding hydrogens is 240 g/mol. The molecule has 0 bridgehead atoms. The molecule has 3 unspecified atom stereocenters. The van der Waals surface area contributed by atoms with Crippen LogP contribution in [-0.2, 0) is 9.53 Å². The molecule has 0 aromatic rings. The molecule has 19 heavy (non-hydrogen) atoms. The molecule has 0 spiro atoms. The van der Waals surface area contributed by atoms with Gasteiger partial charge in [-0.2, -0.15) is 0 Å². The maximum Gasteiger partial charge on any atom is 0.234 e. The van der Waals surface area contributed by atoms with Gasteiger partial charge in [0.1, 0.15) is 0 Å². The lowest BCUT2D eigenvalue weighted by molar-refractivity contribution is -0.120. The summed E-state index contributed by atoms with van der Waals surface area (Å²) in [6.45, 7) is 2.89. The fraction of sp³-hybridized carbons (Fsp3) is 0.933. The molecular formula is C15H28N2O2. The van der Waals surface area contributed by atoms with Crippen LogP contribution >= 0.6 is 0 Å². The second kappa shape index (κ2) is 7.25. The molecule has 2 saturated carbocycles. The van der Waals surface area contributed by atoms with Gasteiger partial charge in [0.15, 0.2) is 0 Å². The standard InChI is InChI=1S/C15H28N2O2/c1-2-11-5-3-4-6-14(11)19-10-9-13(15(16)18)17-12-7-8-12/h11-14,17H,2-10H2,1H3,(H2,16,18). The highest BCUT2D eigenvalue weighted by Gasteiger charge is 2.28. The first-order valence-corrected chi connectivity index (χ1v) is 7.87. The number of hydrogen-bond donors (Lipinski definition) is 2. The van der Waals surface area contributed by atoms with Crippen molar-refractivity contribution in [2.45, 2.75) is 76.5 Å². The summed E-state index contributed by atoms with van der Waals surface area (Å²) in [4.78, 5) is 11.4. The molecule has 4 nitrogen and oxygen atoms in total. The molecule has 4 heteroatoms. The van der Waals surface area contributed by atoms with Gasteiger partial charge in [0.2, 0.25) is 5.91 Å². The highest BCUT2D eigenvalue weighted by molar-refractivity contribution is 5.79. The van der Waals surface area contributed by atoms with Gasteiger partial charge in [-0.05, 0) is 38.0 Å². The molecule has 3 N–H and O–H groups in total. The number of carbonyl (C=O) groups is 1. The Morgan fingerprint density at radius 3 is 2.68 bits per heavy atom. The van der Waals surface area contributed by atoms with E-state index in [1.165, 1.54) is 44.9 Å². The summed E-state index contributed by atoms with van der Waals surface area (Å²) in [6, 6.07) is 0.298. The zero-order valence-corrected chi connectivity index (χ0v) is 12.1. The Bertz CT molecular complexity index is 292. The van der Waals surface area contributed by atoms with Crippen molar-refractivity contribution in [1.82, 2.24) is 5.32 Å².